The third-order valence-electron chi connectivity index (χ3n) is 3.93. The van der Waals surface area contributed by atoms with Crippen LogP contribution in [0.2, 0.25) is 0 Å². The number of alkyl halides is 3. The molecule has 0 amide bonds. The number of rotatable bonds is 4. The van der Waals surface area contributed by atoms with Gasteiger partial charge in [-0.25, -0.2) is 0 Å². The van der Waals surface area contributed by atoms with Gasteiger partial charge in [-0.2, -0.15) is 21.6 Å². The minimum atomic E-state index is -5.61. The van der Waals surface area contributed by atoms with Crippen LogP contribution < -0.4 is 0 Å². The maximum Gasteiger partial charge on any atom is 0.534 e. The topological polar surface area (TPSA) is 94.6 Å². The zero-order valence-electron chi connectivity index (χ0n) is 13.8. The lowest BCUT2D eigenvalue weighted by molar-refractivity contribution is -0.123. The Morgan fingerprint density at radius 3 is 2.04 bits per heavy atom. The molecule has 10 heteroatoms. The van der Waals surface area contributed by atoms with Gasteiger partial charge in [0.15, 0.2) is 0 Å². The third kappa shape index (κ3) is 6.26. The van der Waals surface area contributed by atoms with E-state index in [2.05, 4.69) is 4.18 Å². The second-order valence-electron chi connectivity index (χ2n) is 5.96. The van der Waals surface area contributed by atoms with Gasteiger partial charge in [-0.05, 0) is 32.8 Å². The zero-order chi connectivity index (χ0) is 19.4. The first-order valence-electron chi connectivity index (χ1n) is 7.57. The molecule has 1 fully saturated rings. The van der Waals surface area contributed by atoms with E-state index < -0.39 is 21.5 Å². The molecule has 0 unspecified atom stereocenters. The van der Waals surface area contributed by atoms with E-state index in [9.17, 15) is 36.0 Å². The molecule has 0 N–H and O–H groups in total. The Kier molecular flexibility index (Phi) is 6.92. The second kappa shape index (κ2) is 8.11. The Bertz CT molecular complexity index is 678. The summed E-state index contributed by atoms with van der Waals surface area (Å²) < 4.78 is 60.9. The van der Waals surface area contributed by atoms with Crippen LogP contribution in [0.1, 0.15) is 46.0 Å². The summed E-state index contributed by atoms with van der Waals surface area (Å²) in [5, 5.41) is 0. The molecule has 0 saturated heterocycles. The maximum absolute atomic E-state index is 11.9. The molecule has 0 aromatic heterocycles. The van der Waals surface area contributed by atoms with Crippen LogP contribution in [0.5, 0.6) is 0 Å². The molecule has 0 radical (unpaired) electrons. The van der Waals surface area contributed by atoms with Crippen LogP contribution in [-0.2, 0) is 28.7 Å². The molecular weight excluding hydrogens is 365 g/mol. The highest BCUT2D eigenvalue weighted by Crippen LogP contribution is 2.32. The highest BCUT2D eigenvalue weighted by atomic mass is 32.2. The monoisotopic (exact) mass is 384 g/mol. The number of halogens is 3. The number of ketones is 3. The van der Waals surface area contributed by atoms with E-state index >= 15 is 0 Å². The minimum absolute atomic E-state index is 0.0134. The van der Waals surface area contributed by atoms with Crippen LogP contribution in [-0.4, -0.2) is 31.3 Å². The van der Waals surface area contributed by atoms with Gasteiger partial charge in [0, 0.05) is 31.1 Å². The van der Waals surface area contributed by atoms with Gasteiger partial charge in [0.05, 0.1) is 0 Å². The van der Waals surface area contributed by atoms with E-state index in [0.29, 0.717) is 12.8 Å². The van der Waals surface area contributed by atoms with Gasteiger partial charge in [0.25, 0.3) is 0 Å². The Morgan fingerprint density at radius 1 is 1.12 bits per heavy atom. The molecular formula is C15H19F3O6S. The van der Waals surface area contributed by atoms with Gasteiger partial charge in [-0.3, -0.25) is 14.4 Å². The molecule has 1 saturated carbocycles. The van der Waals surface area contributed by atoms with Crippen molar-refractivity contribution >= 4 is 27.5 Å². The highest BCUT2D eigenvalue weighted by molar-refractivity contribution is 7.87. The summed E-state index contributed by atoms with van der Waals surface area (Å²) in [5.41, 5.74) is -5.44. The lowest BCUT2D eigenvalue weighted by atomic mass is 10.0. The molecule has 2 aliphatic carbocycles. The number of hydrogen-bond acceptors (Lipinski definition) is 6. The van der Waals surface area contributed by atoms with Crippen molar-refractivity contribution in [3.05, 3.63) is 11.8 Å². The van der Waals surface area contributed by atoms with Crippen LogP contribution >= 0.6 is 0 Å². The first-order valence-corrected chi connectivity index (χ1v) is 8.98. The van der Waals surface area contributed by atoms with E-state index in [1.54, 1.807) is 6.92 Å². The van der Waals surface area contributed by atoms with Crippen molar-refractivity contribution < 1.29 is 40.2 Å². The molecule has 6 nitrogen and oxygen atoms in total. The van der Waals surface area contributed by atoms with E-state index in [1.165, 1.54) is 6.92 Å². The molecule has 2 atom stereocenters. The van der Waals surface area contributed by atoms with Gasteiger partial charge in [-0.15, -0.1) is 0 Å². The predicted molar refractivity (Wildman–Crippen MR) is 80.6 cm³/mol. The summed E-state index contributed by atoms with van der Waals surface area (Å²) in [4.78, 5) is 32.1. The van der Waals surface area contributed by atoms with Crippen molar-refractivity contribution in [3.63, 3.8) is 0 Å². The van der Waals surface area contributed by atoms with E-state index in [0.717, 1.165) is 12.5 Å². The average Bonchev–Trinajstić information content (AvgIpc) is 3.07. The fourth-order valence-corrected chi connectivity index (χ4v) is 2.94. The summed E-state index contributed by atoms with van der Waals surface area (Å²) in [5.74, 6) is -0.646. The van der Waals surface area contributed by atoms with E-state index in [-0.39, 0.29) is 41.9 Å². The molecule has 2 aliphatic rings. The molecule has 0 heterocycles. The molecule has 0 aromatic rings. The van der Waals surface area contributed by atoms with E-state index in [4.69, 9.17) is 0 Å². The average molecular weight is 384 g/mol. The van der Waals surface area contributed by atoms with Crippen molar-refractivity contribution in [2.45, 2.75) is 51.5 Å². The number of carbonyl (C=O) groups is 3. The molecule has 0 spiro atoms. The SMILES string of the molecule is CC(=O)[C@@H]1CCC(=O)C1.CC(=O)[C@H]1C=C(OS(=O)(=O)C(F)(F)F)CC1. The Labute approximate surface area is 143 Å². The lowest BCUT2D eigenvalue weighted by Gasteiger charge is -2.09. The summed E-state index contributed by atoms with van der Waals surface area (Å²) in [7, 11) is -5.61. The molecule has 0 aromatic carbocycles. The van der Waals surface area contributed by atoms with Crippen LogP contribution in [0, 0.1) is 11.8 Å². The molecule has 0 bridgehead atoms. The Hall–Kier alpha value is -1.71. The van der Waals surface area contributed by atoms with Crippen LogP contribution in [0.4, 0.5) is 13.2 Å². The zero-order valence-corrected chi connectivity index (χ0v) is 14.6. The van der Waals surface area contributed by atoms with Gasteiger partial charge in [0.2, 0.25) is 0 Å². The van der Waals surface area contributed by atoms with Crippen molar-refractivity contribution in [2.75, 3.05) is 0 Å². The fourth-order valence-electron chi connectivity index (χ4n) is 2.43. The smallest absolute Gasteiger partial charge is 0.381 e. The molecule has 0 aliphatic heterocycles. The van der Waals surface area contributed by atoms with Crippen molar-refractivity contribution in [1.82, 2.24) is 0 Å². The molecule has 142 valence electrons. The van der Waals surface area contributed by atoms with E-state index in [1.807, 2.05) is 0 Å². The Morgan fingerprint density at radius 2 is 1.72 bits per heavy atom. The Balaban J connectivity index is 0.000000293. The third-order valence-corrected chi connectivity index (χ3v) is 4.93. The first kappa shape index (κ1) is 21.3. The van der Waals surface area contributed by atoms with Gasteiger partial charge in [-0.1, -0.05) is 0 Å². The lowest BCUT2D eigenvalue weighted by Crippen LogP contribution is -2.25. The van der Waals surface area contributed by atoms with Crippen molar-refractivity contribution in [3.8, 4) is 0 Å². The van der Waals surface area contributed by atoms with Gasteiger partial charge < -0.3 is 4.18 Å². The van der Waals surface area contributed by atoms with Crippen molar-refractivity contribution in [2.24, 2.45) is 11.8 Å². The predicted octanol–water partition coefficient (Wildman–Crippen LogP) is 2.68. The minimum Gasteiger partial charge on any atom is -0.381 e. The number of allylic oxidation sites excluding steroid dienone is 2. The number of carbonyl (C=O) groups excluding carboxylic acids is 3. The second-order valence-corrected chi connectivity index (χ2v) is 7.50. The first-order chi connectivity index (χ1) is 11.3. The standard InChI is InChI=1S/C8H9F3O4S.C7H10O2/c1-5(12)6-2-3-7(4-6)15-16(13,14)8(9,10)11;1-5(8)6-2-3-7(9)4-6/h4,6H,2-3H2,1H3;6H,2-4H2,1H3/t2*6-/m11/s1. The number of Topliss-reactive ketones (excluding diaryl/α,β-unsaturated/α-hetero) is 3. The summed E-state index contributed by atoms with van der Waals surface area (Å²) >= 11 is 0. The normalized spacial score (nSPS) is 23.6. The highest BCUT2D eigenvalue weighted by Gasteiger charge is 2.49. The van der Waals surface area contributed by atoms with Crippen LogP contribution in [0.3, 0.4) is 0 Å². The maximum atomic E-state index is 11.9. The fraction of sp³-hybridized carbons (Fsp3) is 0.667. The molecule has 25 heavy (non-hydrogen) atoms. The summed E-state index contributed by atoms with van der Waals surface area (Å²) in [6.07, 6.45) is 3.30. The summed E-state index contributed by atoms with van der Waals surface area (Å²) in [6.45, 7) is 2.84. The van der Waals surface area contributed by atoms with Gasteiger partial charge in [0.1, 0.15) is 23.1 Å². The van der Waals surface area contributed by atoms with Gasteiger partial charge >= 0.3 is 15.6 Å². The number of hydrogen-bond donors (Lipinski definition) is 0. The largest absolute Gasteiger partial charge is 0.534 e. The molecule has 2 rings (SSSR count). The van der Waals surface area contributed by atoms with Crippen LogP contribution in [0.25, 0.3) is 0 Å². The van der Waals surface area contributed by atoms with Crippen molar-refractivity contribution in [1.29, 1.82) is 0 Å². The summed E-state index contributed by atoms with van der Waals surface area (Å²) in [6, 6.07) is 0. The van der Waals surface area contributed by atoms with Crippen LogP contribution in [0.15, 0.2) is 11.8 Å². The quantitative estimate of drug-likeness (QED) is 0.546.